The third kappa shape index (κ3) is 8.57. The Morgan fingerprint density at radius 1 is 0.800 bits per heavy atom. The zero-order valence-corrected chi connectivity index (χ0v) is 28.9. The highest BCUT2D eigenvalue weighted by molar-refractivity contribution is 6.15. The first-order valence-corrected chi connectivity index (χ1v) is 16.8. The van der Waals surface area contributed by atoms with Crippen molar-refractivity contribution in [1.29, 1.82) is 0 Å². The topological polar surface area (TPSA) is 143 Å². The van der Waals surface area contributed by atoms with Gasteiger partial charge >= 0.3 is 12.1 Å². The second-order valence-electron chi connectivity index (χ2n) is 12.7. The smallest absolute Gasteiger partial charge is 0.419 e. The highest BCUT2D eigenvalue weighted by Gasteiger charge is 2.34. The standard InChI is InChI=1S/C40H32F5N3O7/c1-54-34-11-7-24(27-18-25(6-9-31(27)41)35(39(52)53)48-36(49)21-12-14-55-15-13-21)17-29(34)38(51)47-33-19-23-5-3-2-4-22(23)16-28(33)37(50)46-26-8-10-32(42)30(20-26)40(43,44)45/h2-11,16-21,35H,12-15H2,1H3,(H,46,50)(H,47,51)(H,48,49)(H,52,53). The number of carboxylic acids is 1. The van der Waals surface area contributed by atoms with E-state index in [-0.39, 0.29) is 44.9 Å². The molecule has 5 aromatic rings. The van der Waals surface area contributed by atoms with Crippen molar-refractivity contribution in [3.63, 3.8) is 0 Å². The first-order valence-electron chi connectivity index (χ1n) is 16.8. The number of benzene rings is 5. The van der Waals surface area contributed by atoms with Gasteiger partial charge in [-0.1, -0.05) is 36.4 Å². The largest absolute Gasteiger partial charge is 0.496 e. The fourth-order valence-electron chi connectivity index (χ4n) is 6.24. The number of hydrogen-bond donors (Lipinski definition) is 4. The summed E-state index contributed by atoms with van der Waals surface area (Å²) in [6.45, 7) is 0.725. The number of anilines is 2. The average molecular weight is 762 g/mol. The van der Waals surface area contributed by atoms with E-state index in [1.807, 2.05) is 0 Å². The molecule has 55 heavy (non-hydrogen) atoms. The van der Waals surface area contributed by atoms with Gasteiger partial charge in [0, 0.05) is 30.4 Å². The van der Waals surface area contributed by atoms with Crippen molar-refractivity contribution in [1.82, 2.24) is 5.32 Å². The van der Waals surface area contributed by atoms with Crippen LogP contribution in [0.3, 0.4) is 0 Å². The van der Waals surface area contributed by atoms with E-state index >= 15 is 4.39 Å². The van der Waals surface area contributed by atoms with Crippen molar-refractivity contribution in [3.8, 4) is 16.9 Å². The normalized spacial score (nSPS) is 13.9. The summed E-state index contributed by atoms with van der Waals surface area (Å²) in [7, 11) is 1.29. The Morgan fingerprint density at radius 3 is 2.15 bits per heavy atom. The van der Waals surface area contributed by atoms with Gasteiger partial charge in [0.05, 0.1) is 29.5 Å². The number of carbonyl (C=O) groups excluding carboxylic acids is 3. The number of rotatable bonds is 10. The lowest BCUT2D eigenvalue weighted by Crippen LogP contribution is -2.39. The van der Waals surface area contributed by atoms with Crippen LogP contribution in [-0.4, -0.2) is 49.1 Å². The van der Waals surface area contributed by atoms with Crippen molar-refractivity contribution in [2.24, 2.45) is 5.92 Å². The molecule has 0 spiro atoms. The minimum absolute atomic E-state index is 0.0442. The molecule has 1 fully saturated rings. The maximum absolute atomic E-state index is 15.4. The van der Waals surface area contributed by atoms with Crippen molar-refractivity contribution < 1.29 is 55.7 Å². The Labute approximate surface area is 310 Å². The van der Waals surface area contributed by atoms with Crippen LogP contribution in [0, 0.1) is 17.6 Å². The number of nitrogens with one attached hydrogen (secondary N) is 3. The van der Waals surface area contributed by atoms with E-state index in [9.17, 15) is 41.8 Å². The summed E-state index contributed by atoms with van der Waals surface area (Å²) in [4.78, 5) is 52.7. The molecule has 6 rings (SSSR count). The van der Waals surface area contributed by atoms with Crippen LogP contribution < -0.4 is 20.7 Å². The monoisotopic (exact) mass is 761 g/mol. The molecule has 0 saturated carbocycles. The molecule has 10 nitrogen and oxygen atoms in total. The summed E-state index contributed by atoms with van der Waals surface area (Å²) in [6.07, 6.45) is -4.18. The Hall–Kier alpha value is -6.35. The van der Waals surface area contributed by atoms with E-state index in [2.05, 4.69) is 16.0 Å². The molecule has 4 N–H and O–H groups in total. The summed E-state index contributed by atoms with van der Waals surface area (Å²) in [5, 5.41) is 18.7. The van der Waals surface area contributed by atoms with Gasteiger partial charge in [-0.2, -0.15) is 13.2 Å². The van der Waals surface area contributed by atoms with Gasteiger partial charge in [-0.05, 0) is 89.3 Å². The van der Waals surface area contributed by atoms with E-state index < -0.39 is 59.0 Å². The quantitative estimate of drug-likeness (QED) is 0.106. The third-order valence-electron chi connectivity index (χ3n) is 9.11. The number of halogens is 5. The zero-order chi connectivity index (χ0) is 39.4. The number of ether oxygens (including phenoxy) is 2. The van der Waals surface area contributed by atoms with Crippen LogP contribution in [0.25, 0.3) is 21.9 Å². The number of aliphatic carboxylic acids is 1. The third-order valence-corrected chi connectivity index (χ3v) is 9.11. The molecule has 0 bridgehead atoms. The van der Waals surface area contributed by atoms with Gasteiger partial charge in [0.2, 0.25) is 5.91 Å². The van der Waals surface area contributed by atoms with Gasteiger partial charge in [0.1, 0.15) is 17.4 Å². The predicted molar refractivity (Wildman–Crippen MR) is 192 cm³/mol. The molecule has 1 unspecified atom stereocenters. The van der Waals surface area contributed by atoms with E-state index in [0.717, 1.165) is 12.1 Å². The van der Waals surface area contributed by atoms with Crippen LogP contribution in [0.5, 0.6) is 5.75 Å². The van der Waals surface area contributed by atoms with Gasteiger partial charge < -0.3 is 30.5 Å². The second-order valence-corrected chi connectivity index (χ2v) is 12.7. The second kappa shape index (κ2) is 15.9. The molecule has 0 aliphatic carbocycles. The lowest BCUT2D eigenvalue weighted by molar-refractivity contribution is -0.143. The lowest BCUT2D eigenvalue weighted by Gasteiger charge is -2.24. The lowest BCUT2D eigenvalue weighted by atomic mass is 9.95. The first-order chi connectivity index (χ1) is 26.2. The van der Waals surface area contributed by atoms with Crippen molar-refractivity contribution in [2.45, 2.75) is 25.1 Å². The fourth-order valence-corrected chi connectivity index (χ4v) is 6.24. The summed E-state index contributed by atoms with van der Waals surface area (Å²) >= 11 is 0. The van der Waals surface area contributed by atoms with E-state index in [4.69, 9.17) is 9.47 Å². The van der Waals surface area contributed by atoms with Crippen LogP contribution in [0.4, 0.5) is 33.3 Å². The maximum atomic E-state index is 15.4. The van der Waals surface area contributed by atoms with E-state index in [0.29, 0.717) is 49.0 Å². The van der Waals surface area contributed by atoms with E-state index in [1.54, 1.807) is 24.3 Å². The number of fused-ring (bicyclic) bond motifs is 1. The Morgan fingerprint density at radius 2 is 1.47 bits per heavy atom. The summed E-state index contributed by atoms with van der Waals surface area (Å²) in [5.41, 5.74) is -2.14. The molecule has 1 aliphatic heterocycles. The molecule has 1 aliphatic rings. The highest BCUT2D eigenvalue weighted by Crippen LogP contribution is 2.35. The molecular weight excluding hydrogens is 729 g/mol. The minimum atomic E-state index is -5.02. The summed E-state index contributed by atoms with van der Waals surface area (Å²) in [6, 6.07) is 17.8. The number of amides is 3. The van der Waals surface area contributed by atoms with Crippen molar-refractivity contribution >= 4 is 45.8 Å². The molecule has 3 amide bonds. The Bertz CT molecular complexity index is 2310. The number of carboxylic acid groups (broad SMARTS) is 1. The number of hydrogen-bond acceptors (Lipinski definition) is 6. The highest BCUT2D eigenvalue weighted by atomic mass is 19.4. The number of carbonyl (C=O) groups is 4. The van der Waals surface area contributed by atoms with Gasteiger partial charge in [0.15, 0.2) is 6.04 Å². The minimum Gasteiger partial charge on any atom is -0.496 e. The maximum Gasteiger partial charge on any atom is 0.419 e. The Kier molecular flexibility index (Phi) is 11.1. The van der Waals surface area contributed by atoms with Crippen molar-refractivity contribution in [3.05, 3.63) is 125 Å². The fraction of sp³-hybridized carbons (Fsp3) is 0.200. The van der Waals surface area contributed by atoms with E-state index in [1.165, 1.54) is 49.6 Å². The molecule has 1 heterocycles. The van der Waals surface area contributed by atoms with Crippen molar-refractivity contribution in [2.75, 3.05) is 31.0 Å². The predicted octanol–water partition coefficient (Wildman–Crippen LogP) is 7.99. The molecule has 5 aromatic carbocycles. The summed E-state index contributed by atoms with van der Waals surface area (Å²) < 4.78 is 80.2. The zero-order valence-electron chi connectivity index (χ0n) is 28.9. The molecule has 15 heteroatoms. The molecule has 1 saturated heterocycles. The SMILES string of the molecule is COc1ccc(-c2cc(C(NC(=O)C3CCOCC3)C(=O)O)ccc2F)cc1C(=O)Nc1cc2ccccc2cc1C(=O)Nc1ccc(F)c(C(F)(F)F)c1. The Balaban J connectivity index is 1.32. The van der Waals surface area contributed by atoms with Gasteiger partial charge in [-0.15, -0.1) is 0 Å². The van der Waals surface area contributed by atoms with Gasteiger partial charge in [0.25, 0.3) is 11.8 Å². The molecule has 0 aromatic heterocycles. The molecule has 1 atom stereocenters. The summed E-state index contributed by atoms with van der Waals surface area (Å²) in [5.74, 6) is -6.28. The van der Waals surface area contributed by atoms with Crippen LogP contribution in [0.1, 0.15) is 50.7 Å². The van der Waals surface area contributed by atoms with Gasteiger partial charge in [-0.25, -0.2) is 13.6 Å². The van der Waals surface area contributed by atoms with Crippen LogP contribution >= 0.6 is 0 Å². The van der Waals surface area contributed by atoms with Gasteiger partial charge in [-0.3, -0.25) is 14.4 Å². The van der Waals surface area contributed by atoms with Crippen LogP contribution in [0.15, 0.2) is 91.0 Å². The van der Waals surface area contributed by atoms with Crippen LogP contribution in [-0.2, 0) is 20.5 Å². The molecule has 284 valence electrons. The van der Waals surface area contributed by atoms with Crippen LogP contribution in [0.2, 0.25) is 0 Å². The average Bonchev–Trinajstić information content (AvgIpc) is 3.17. The number of methoxy groups -OCH3 is 1. The first kappa shape index (κ1) is 38.4. The molecule has 0 radical (unpaired) electrons. The number of alkyl halides is 3. The molecular formula is C40H32F5N3O7.